The summed E-state index contributed by atoms with van der Waals surface area (Å²) in [5, 5.41) is 3.37. The maximum atomic E-state index is 5.45. The van der Waals surface area contributed by atoms with Crippen LogP contribution in [0.1, 0.15) is 24.3 Å². The molecule has 1 saturated heterocycles. The summed E-state index contributed by atoms with van der Waals surface area (Å²) in [7, 11) is 1.66. The highest BCUT2D eigenvalue weighted by Crippen LogP contribution is 2.33. The van der Waals surface area contributed by atoms with Crippen LogP contribution in [0, 0.1) is 12.3 Å². The van der Waals surface area contributed by atoms with E-state index in [1.165, 1.54) is 18.4 Å². The molecule has 0 atom stereocenters. The standard InChI is InChI=1S/C15H19NO2/c1-3-10-18-14-5-4-13(11-15(14)17-2)12-6-8-16-9-7-12/h1,4-5,11-12,16H,6-10H2,2H3. The summed E-state index contributed by atoms with van der Waals surface area (Å²) in [6.45, 7) is 2.44. The zero-order valence-corrected chi connectivity index (χ0v) is 10.7. The molecule has 1 aliphatic heterocycles. The van der Waals surface area contributed by atoms with Gasteiger partial charge in [-0.15, -0.1) is 6.42 Å². The second-order valence-corrected chi connectivity index (χ2v) is 4.43. The summed E-state index contributed by atoms with van der Waals surface area (Å²) < 4.78 is 10.8. The first-order valence-corrected chi connectivity index (χ1v) is 6.30. The molecule has 1 aromatic rings. The Morgan fingerprint density at radius 2 is 2.11 bits per heavy atom. The van der Waals surface area contributed by atoms with Gasteiger partial charge in [-0.25, -0.2) is 0 Å². The van der Waals surface area contributed by atoms with E-state index in [9.17, 15) is 0 Å². The highest BCUT2D eigenvalue weighted by Gasteiger charge is 2.17. The molecule has 1 aliphatic rings. The van der Waals surface area contributed by atoms with E-state index < -0.39 is 0 Å². The number of benzene rings is 1. The Bertz CT molecular complexity index is 431. The van der Waals surface area contributed by atoms with Crippen molar-refractivity contribution >= 4 is 0 Å². The molecule has 0 radical (unpaired) electrons. The molecule has 0 bridgehead atoms. The fourth-order valence-electron chi connectivity index (χ4n) is 2.33. The van der Waals surface area contributed by atoms with Crippen molar-refractivity contribution in [1.82, 2.24) is 5.32 Å². The fraction of sp³-hybridized carbons (Fsp3) is 0.467. The minimum absolute atomic E-state index is 0.267. The van der Waals surface area contributed by atoms with E-state index in [1.54, 1.807) is 7.11 Å². The highest BCUT2D eigenvalue weighted by atomic mass is 16.5. The fourth-order valence-corrected chi connectivity index (χ4v) is 2.33. The van der Waals surface area contributed by atoms with E-state index in [-0.39, 0.29) is 6.61 Å². The zero-order valence-electron chi connectivity index (χ0n) is 10.7. The third kappa shape index (κ3) is 2.96. The molecule has 0 saturated carbocycles. The van der Waals surface area contributed by atoms with Crippen LogP contribution in [-0.4, -0.2) is 26.8 Å². The van der Waals surface area contributed by atoms with Crippen molar-refractivity contribution in [2.75, 3.05) is 26.8 Å². The topological polar surface area (TPSA) is 30.5 Å². The number of methoxy groups -OCH3 is 1. The molecule has 96 valence electrons. The Hall–Kier alpha value is -1.66. The van der Waals surface area contributed by atoms with Crippen molar-refractivity contribution < 1.29 is 9.47 Å². The first kappa shape index (κ1) is 12.8. The van der Waals surface area contributed by atoms with Gasteiger partial charge in [-0.3, -0.25) is 0 Å². The first-order chi connectivity index (χ1) is 8.85. The van der Waals surface area contributed by atoms with Gasteiger partial charge in [0.1, 0.15) is 6.61 Å². The van der Waals surface area contributed by atoms with Crippen LogP contribution in [0.25, 0.3) is 0 Å². The Labute approximate surface area is 108 Å². The molecule has 3 heteroatoms. The Balaban J connectivity index is 2.15. The van der Waals surface area contributed by atoms with E-state index in [4.69, 9.17) is 15.9 Å². The second kappa shape index (κ2) is 6.32. The lowest BCUT2D eigenvalue weighted by Crippen LogP contribution is -2.26. The van der Waals surface area contributed by atoms with Gasteiger partial charge in [0.2, 0.25) is 0 Å². The van der Waals surface area contributed by atoms with Crippen LogP contribution in [-0.2, 0) is 0 Å². The molecule has 1 heterocycles. The summed E-state index contributed by atoms with van der Waals surface area (Å²) in [6.07, 6.45) is 7.54. The largest absolute Gasteiger partial charge is 0.493 e. The molecule has 0 aromatic heterocycles. The van der Waals surface area contributed by atoms with Crippen molar-refractivity contribution in [2.45, 2.75) is 18.8 Å². The molecular formula is C15H19NO2. The average Bonchev–Trinajstić information content (AvgIpc) is 2.46. The van der Waals surface area contributed by atoms with Gasteiger partial charge in [-0.2, -0.15) is 0 Å². The predicted molar refractivity (Wildman–Crippen MR) is 72.2 cm³/mol. The van der Waals surface area contributed by atoms with Crippen LogP contribution >= 0.6 is 0 Å². The zero-order chi connectivity index (χ0) is 12.8. The molecule has 2 rings (SSSR count). The van der Waals surface area contributed by atoms with Crippen LogP contribution < -0.4 is 14.8 Å². The molecule has 1 aromatic carbocycles. The number of rotatable bonds is 4. The van der Waals surface area contributed by atoms with Gasteiger partial charge in [-0.1, -0.05) is 12.0 Å². The van der Waals surface area contributed by atoms with Crippen molar-refractivity contribution in [3.05, 3.63) is 23.8 Å². The van der Waals surface area contributed by atoms with Crippen molar-refractivity contribution in [2.24, 2.45) is 0 Å². The van der Waals surface area contributed by atoms with E-state index in [0.717, 1.165) is 18.8 Å². The van der Waals surface area contributed by atoms with Crippen molar-refractivity contribution in [3.8, 4) is 23.8 Å². The summed E-state index contributed by atoms with van der Waals surface area (Å²) in [6, 6.07) is 6.14. The molecule has 0 aliphatic carbocycles. The van der Waals surface area contributed by atoms with Crippen molar-refractivity contribution in [1.29, 1.82) is 0 Å². The normalized spacial score (nSPS) is 16.0. The number of hydrogen-bond acceptors (Lipinski definition) is 3. The third-order valence-electron chi connectivity index (χ3n) is 3.31. The number of piperidine rings is 1. The van der Waals surface area contributed by atoms with Crippen LogP contribution in [0.3, 0.4) is 0 Å². The van der Waals surface area contributed by atoms with Gasteiger partial charge in [-0.05, 0) is 49.5 Å². The number of hydrogen-bond donors (Lipinski definition) is 1. The van der Waals surface area contributed by atoms with E-state index >= 15 is 0 Å². The van der Waals surface area contributed by atoms with Gasteiger partial charge < -0.3 is 14.8 Å². The lowest BCUT2D eigenvalue weighted by molar-refractivity contribution is 0.330. The van der Waals surface area contributed by atoms with Gasteiger partial charge >= 0.3 is 0 Å². The maximum absolute atomic E-state index is 5.45. The molecule has 1 fully saturated rings. The third-order valence-corrected chi connectivity index (χ3v) is 3.31. The molecule has 0 spiro atoms. The lowest BCUT2D eigenvalue weighted by Gasteiger charge is -2.23. The Morgan fingerprint density at radius 3 is 2.78 bits per heavy atom. The van der Waals surface area contributed by atoms with Crippen LogP contribution in [0.4, 0.5) is 0 Å². The molecular weight excluding hydrogens is 226 g/mol. The molecule has 0 unspecified atom stereocenters. The first-order valence-electron chi connectivity index (χ1n) is 6.30. The average molecular weight is 245 g/mol. The predicted octanol–water partition coefficient (Wildman–Crippen LogP) is 2.17. The molecule has 18 heavy (non-hydrogen) atoms. The van der Waals surface area contributed by atoms with E-state index in [2.05, 4.69) is 23.4 Å². The quantitative estimate of drug-likeness (QED) is 0.825. The monoisotopic (exact) mass is 245 g/mol. The lowest BCUT2D eigenvalue weighted by atomic mass is 9.90. The summed E-state index contributed by atoms with van der Waals surface area (Å²) >= 11 is 0. The summed E-state index contributed by atoms with van der Waals surface area (Å²) in [5.41, 5.74) is 1.32. The second-order valence-electron chi connectivity index (χ2n) is 4.43. The Kier molecular flexibility index (Phi) is 4.49. The van der Waals surface area contributed by atoms with Gasteiger partial charge in [0.25, 0.3) is 0 Å². The number of ether oxygens (including phenoxy) is 2. The molecule has 1 N–H and O–H groups in total. The maximum Gasteiger partial charge on any atom is 0.162 e. The minimum Gasteiger partial charge on any atom is -0.493 e. The summed E-state index contributed by atoms with van der Waals surface area (Å²) in [5.74, 6) is 4.55. The van der Waals surface area contributed by atoms with E-state index in [0.29, 0.717) is 11.7 Å². The van der Waals surface area contributed by atoms with Gasteiger partial charge in [0, 0.05) is 0 Å². The molecule has 3 nitrogen and oxygen atoms in total. The van der Waals surface area contributed by atoms with Gasteiger partial charge in [0.05, 0.1) is 7.11 Å². The van der Waals surface area contributed by atoms with Gasteiger partial charge in [0.15, 0.2) is 11.5 Å². The Morgan fingerprint density at radius 1 is 1.33 bits per heavy atom. The molecule has 0 amide bonds. The van der Waals surface area contributed by atoms with Crippen LogP contribution in [0.5, 0.6) is 11.5 Å². The SMILES string of the molecule is C#CCOc1ccc(C2CCNCC2)cc1OC. The van der Waals surface area contributed by atoms with Crippen LogP contribution in [0.15, 0.2) is 18.2 Å². The summed E-state index contributed by atoms with van der Waals surface area (Å²) in [4.78, 5) is 0. The number of terminal acetylenes is 1. The number of nitrogens with one attached hydrogen (secondary N) is 1. The smallest absolute Gasteiger partial charge is 0.162 e. The van der Waals surface area contributed by atoms with E-state index in [1.807, 2.05) is 6.07 Å². The van der Waals surface area contributed by atoms with Crippen molar-refractivity contribution in [3.63, 3.8) is 0 Å². The van der Waals surface area contributed by atoms with Crippen LogP contribution in [0.2, 0.25) is 0 Å². The highest BCUT2D eigenvalue weighted by molar-refractivity contribution is 5.44. The minimum atomic E-state index is 0.267.